The topological polar surface area (TPSA) is 18.5 Å². The molecule has 0 aromatic heterocycles. The van der Waals surface area contributed by atoms with Crippen LogP contribution in [0, 0.1) is 23.7 Å². The molecule has 1 saturated carbocycles. The fourth-order valence-corrected chi connectivity index (χ4v) is 2.76. The SMILES string of the molecule is COCC1C(C)CCC(C)C1COC. The summed E-state index contributed by atoms with van der Waals surface area (Å²) >= 11 is 0. The van der Waals surface area contributed by atoms with Crippen molar-refractivity contribution in [2.24, 2.45) is 23.7 Å². The highest BCUT2D eigenvalue weighted by Crippen LogP contribution is 2.38. The van der Waals surface area contributed by atoms with Crippen molar-refractivity contribution >= 4 is 0 Å². The van der Waals surface area contributed by atoms with Crippen LogP contribution in [0.25, 0.3) is 0 Å². The molecule has 0 aromatic rings. The zero-order valence-electron chi connectivity index (χ0n) is 9.95. The van der Waals surface area contributed by atoms with Gasteiger partial charge in [-0.15, -0.1) is 0 Å². The van der Waals surface area contributed by atoms with Crippen molar-refractivity contribution in [3.05, 3.63) is 0 Å². The van der Waals surface area contributed by atoms with Crippen molar-refractivity contribution in [2.75, 3.05) is 27.4 Å². The van der Waals surface area contributed by atoms with Gasteiger partial charge in [-0.3, -0.25) is 0 Å². The Hall–Kier alpha value is -0.0800. The highest BCUT2D eigenvalue weighted by Gasteiger charge is 2.34. The summed E-state index contributed by atoms with van der Waals surface area (Å²) < 4.78 is 10.6. The first-order chi connectivity index (χ1) is 6.70. The number of ether oxygens (including phenoxy) is 2. The van der Waals surface area contributed by atoms with Gasteiger partial charge in [0.2, 0.25) is 0 Å². The normalized spacial score (nSPS) is 38.6. The van der Waals surface area contributed by atoms with Crippen molar-refractivity contribution in [3.8, 4) is 0 Å². The summed E-state index contributed by atoms with van der Waals surface area (Å²) in [5, 5.41) is 0. The smallest absolute Gasteiger partial charge is 0.0496 e. The quantitative estimate of drug-likeness (QED) is 0.694. The standard InChI is InChI=1S/C12H24O2/c1-9-5-6-10(2)12(8-14-4)11(9)7-13-3/h9-12H,5-8H2,1-4H3. The van der Waals surface area contributed by atoms with Crippen LogP contribution in [0.5, 0.6) is 0 Å². The first kappa shape index (κ1) is 12.0. The fourth-order valence-electron chi connectivity index (χ4n) is 2.76. The number of hydrogen-bond acceptors (Lipinski definition) is 2. The van der Waals surface area contributed by atoms with Gasteiger partial charge in [0.15, 0.2) is 0 Å². The van der Waals surface area contributed by atoms with Crippen molar-refractivity contribution in [3.63, 3.8) is 0 Å². The van der Waals surface area contributed by atoms with E-state index < -0.39 is 0 Å². The molecule has 0 heterocycles. The Bertz CT molecular complexity index is 140. The van der Waals surface area contributed by atoms with E-state index in [1.54, 1.807) is 14.2 Å². The van der Waals surface area contributed by atoms with E-state index >= 15 is 0 Å². The van der Waals surface area contributed by atoms with Crippen LogP contribution in [0.4, 0.5) is 0 Å². The van der Waals surface area contributed by atoms with E-state index in [-0.39, 0.29) is 0 Å². The van der Waals surface area contributed by atoms with Crippen LogP contribution < -0.4 is 0 Å². The largest absolute Gasteiger partial charge is 0.384 e. The molecule has 0 spiro atoms. The lowest BCUT2D eigenvalue weighted by molar-refractivity contribution is -0.00722. The minimum Gasteiger partial charge on any atom is -0.384 e. The van der Waals surface area contributed by atoms with Gasteiger partial charge in [-0.25, -0.2) is 0 Å². The van der Waals surface area contributed by atoms with Crippen LogP contribution >= 0.6 is 0 Å². The number of hydrogen-bond donors (Lipinski definition) is 0. The predicted octanol–water partition coefficient (Wildman–Crippen LogP) is 2.58. The van der Waals surface area contributed by atoms with Gasteiger partial charge in [-0.2, -0.15) is 0 Å². The van der Waals surface area contributed by atoms with E-state index in [2.05, 4.69) is 13.8 Å². The van der Waals surface area contributed by atoms with Gasteiger partial charge in [0.25, 0.3) is 0 Å². The molecule has 0 aliphatic heterocycles. The lowest BCUT2D eigenvalue weighted by atomic mass is 9.68. The molecule has 0 N–H and O–H groups in total. The molecule has 4 atom stereocenters. The zero-order chi connectivity index (χ0) is 10.6. The molecule has 0 bridgehead atoms. The molecule has 0 saturated heterocycles. The van der Waals surface area contributed by atoms with Crippen LogP contribution in [-0.2, 0) is 9.47 Å². The molecule has 4 unspecified atom stereocenters. The lowest BCUT2D eigenvalue weighted by Gasteiger charge is -2.40. The van der Waals surface area contributed by atoms with E-state index in [4.69, 9.17) is 9.47 Å². The molecule has 1 aliphatic carbocycles. The van der Waals surface area contributed by atoms with Gasteiger partial charge < -0.3 is 9.47 Å². The third kappa shape index (κ3) is 2.71. The summed E-state index contributed by atoms with van der Waals surface area (Å²) in [6.07, 6.45) is 2.69. The molecule has 0 aromatic carbocycles. The third-order valence-corrected chi connectivity index (χ3v) is 3.81. The summed E-state index contributed by atoms with van der Waals surface area (Å²) in [4.78, 5) is 0. The monoisotopic (exact) mass is 200 g/mol. The Morgan fingerprint density at radius 3 is 1.50 bits per heavy atom. The third-order valence-electron chi connectivity index (χ3n) is 3.81. The summed E-state index contributed by atoms with van der Waals surface area (Å²) in [6, 6.07) is 0. The van der Waals surface area contributed by atoms with Gasteiger partial charge in [-0.05, 0) is 23.7 Å². The molecule has 0 amide bonds. The maximum atomic E-state index is 5.32. The first-order valence-corrected chi connectivity index (χ1v) is 5.68. The average Bonchev–Trinajstić information content (AvgIpc) is 2.17. The van der Waals surface area contributed by atoms with E-state index in [0.717, 1.165) is 25.0 Å². The van der Waals surface area contributed by atoms with Crippen LogP contribution in [0.15, 0.2) is 0 Å². The number of methoxy groups -OCH3 is 2. The molecule has 1 rings (SSSR count). The molecule has 2 heteroatoms. The Kier molecular flexibility index (Phi) is 4.90. The molecular formula is C12H24O2. The molecule has 14 heavy (non-hydrogen) atoms. The van der Waals surface area contributed by atoms with Gasteiger partial charge in [0.05, 0.1) is 0 Å². The van der Waals surface area contributed by atoms with E-state index in [9.17, 15) is 0 Å². The average molecular weight is 200 g/mol. The minimum absolute atomic E-state index is 0.684. The van der Waals surface area contributed by atoms with Crippen molar-refractivity contribution < 1.29 is 9.47 Å². The van der Waals surface area contributed by atoms with Crippen LogP contribution in [-0.4, -0.2) is 27.4 Å². The second-order valence-corrected chi connectivity index (χ2v) is 4.77. The molecule has 1 aliphatic rings. The summed E-state index contributed by atoms with van der Waals surface area (Å²) in [5.41, 5.74) is 0. The van der Waals surface area contributed by atoms with Gasteiger partial charge in [0.1, 0.15) is 0 Å². The second-order valence-electron chi connectivity index (χ2n) is 4.77. The van der Waals surface area contributed by atoms with E-state index in [1.165, 1.54) is 12.8 Å². The Labute approximate surface area is 88.0 Å². The zero-order valence-corrected chi connectivity index (χ0v) is 9.95. The van der Waals surface area contributed by atoms with Crippen molar-refractivity contribution in [1.82, 2.24) is 0 Å². The van der Waals surface area contributed by atoms with Gasteiger partial charge in [0, 0.05) is 27.4 Å². The minimum atomic E-state index is 0.684. The molecule has 84 valence electrons. The lowest BCUT2D eigenvalue weighted by Crippen LogP contribution is -2.37. The highest BCUT2D eigenvalue weighted by molar-refractivity contribution is 4.83. The fraction of sp³-hybridized carbons (Fsp3) is 1.00. The highest BCUT2D eigenvalue weighted by atomic mass is 16.5. The molecular weight excluding hydrogens is 176 g/mol. The number of rotatable bonds is 4. The van der Waals surface area contributed by atoms with Crippen LogP contribution in [0.3, 0.4) is 0 Å². The van der Waals surface area contributed by atoms with Crippen molar-refractivity contribution in [1.29, 1.82) is 0 Å². The Morgan fingerprint density at radius 2 is 1.21 bits per heavy atom. The maximum absolute atomic E-state index is 5.32. The summed E-state index contributed by atoms with van der Waals surface area (Å²) in [7, 11) is 3.60. The summed E-state index contributed by atoms with van der Waals surface area (Å²) in [6.45, 7) is 6.47. The van der Waals surface area contributed by atoms with E-state index in [0.29, 0.717) is 11.8 Å². The second kappa shape index (κ2) is 5.72. The Balaban J connectivity index is 2.60. The van der Waals surface area contributed by atoms with Gasteiger partial charge in [-0.1, -0.05) is 26.7 Å². The predicted molar refractivity (Wildman–Crippen MR) is 58.3 cm³/mol. The van der Waals surface area contributed by atoms with Crippen molar-refractivity contribution in [2.45, 2.75) is 26.7 Å². The molecule has 0 radical (unpaired) electrons. The maximum Gasteiger partial charge on any atom is 0.0496 e. The van der Waals surface area contributed by atoms with E-state index in [1.807, 2.05) is 0 Å². The molecule has 1 fully saturated rings. The van der Waals surface area contributed by atoms with Crippen LogP contribution in [0.1, 0.15) is 26.7 Å². The first-order valence-electron chi connectivity index (χ1n) is 5.68. The van der Waals surface area contributed by atoms with Crippen LogP contribution in [0.2, 0.25) is 0 Å². The molecule has 2 nitrogen and oxygen atoms in total. The summed E-state index contributed by atoms with van der Waals surface area (Å²) in [5.74, 6) is 2.94. The Morgan fingerprint density at radius 1 is 0.857 bits per heavy atom. The van der Waals surface area contributed by atoms with Gasteiger partial charge >= 0.3 is 0 Å².